The Bertz CT molecular complexity index is 1220. The molecule has 1 aromatic rings. The van der Waals surface area contributed by atoms with Gasteiger partial charge in [-0.2, -0.15) is 39.5 Å². The van der Waals surface area contributed by atoms with E-state index in [1.54, 1.807) is 5.32 Å². The number of carbonyl (C=O) groups is 2. The Balaban J connectivity index is 1.51. The molecule has 1 aromatic carbocycles. The summed E-state index contributed by atoms with van der Waals surface area (Å²) in [6.45, 7) is -2.21. The summed E-state index contributed by atoms with van der Waals surface area (Å²) in [6, 6.07) is 1.65. The molecule has 234 valence electrons. The second-order valence-electron chi connectivity index (χ2n) is 10.9. The number of alkyl halides is 9. The van der Waals surface area contributed by atoms with E-state index in [1.165, 1.54) is 0 Å². The van der Waals surface area contributed by atoms with Crippen molar-refractivity contribution < 1.29 is 53.9 Å². The molecule has 2 N–H and O–H groups in total. The number of carbonyl (C=O) groups excluding carboxylic acids is 2. The number of rotatable bonds is 6. The Morgan fingerprint density at radius 2 is 1.60 bits per heavy atom. The Morgan fingerprint density at radius 3 is 2.21 bits per heavy atom. The van der Waals surface area contributed by atoms with Crippen LogP contribution in [0.15, 0.2) is 23.4 Å². The Hall–Kier alpha value is -2.71. The van der Waals surface area contributed by atoms with E-state index < -0.39 is 83.4 Å². The van der Waals surface area contributed by atoms with Gasteiger partial charge in [-0.25, -0.2) is 0 Å². The second-order valence-corrected chi connectivity index (χ2v) is 11.4. The van der Waals surface area contributed by atoms with E-state index in [9.17, 15) is 49.1 Å². The van der Waals surface area contributed by atoms with Crippen molar-refractivity contribution in [2.75, 3.05) is 13.1 Å². The first kappa shape index (κ1) is 32.2. The fraction of sp³-hybridized carbons (Fsp3) is 0.654. The minimum absolute atomic E-state index is 0.0307. The average molecular weight is 636 g/mol. The number of nitrogens with one attached hydrogen (secondary N) is 2. The number of hydrogen-bond acceptors (Lipinski definition) is 4. The number of hydrogen-bond donors (Lipinski definition) is 2. The topological polar surface area (TPSA) is 79.8 Å². The molecule has 16 heteroatoms. The van der Waals surface area contributed by atoms with Crippen LogP contribution < -0.4 is 10.6 Å². The maximum atomic E-state index is 14.5. The van der Waals surface area contributed by atoms with Crippen molar-refractivity contribution in [3.05, 3.63) is 34.3 Å². The molecule has 2 amide bonds. The molecule has 5 unspecified atom stereocenters. The molecule has 42 heavy (non-hydrogen) atoms. The van der Waals surface area contributed by atoms with Crippen LogP contribution in [-0.4, -0.2) is 43.0 Å². The van der Waals surface area contributed by atoms with E-state index in [0.29, 0.717) is 25.0 Å². The van der Waals surface area contributed by atoms with Gasteiger partial charge in [-0.15, -0.1) is 0 Å². The van der Waals surface area contributed by atoms with Gasteiger partial charge in [0.15, 0.2) is 0 Å². The lowest BCUT2D eigenvalue weighted by atomic mass is 9.59. The number of benzene rings is 1. The average Bonchev–Trinajstić information content (AvgIpc) is 3.36. The first-order chi connectivity index (χ1) is 19.4. The van der Waals surface area contributed by atoms with Gasteiger partial charge >= 0.3 is 18.5 Å². The van der Waals surface area contributed by atoms with Gasteiger partial charge in [0.25, 0.3) is 5.60 Å². The highest BCUT2D eigenvalue weighted by atomic mass is 35.5. The molecule has 4 rings (SSSR count). The molecule has 6 nitrogen and oxygen atoms in total. The summed E-state index contributed by atoms with van der Waals surface area (Å²) in [4.78, 5) is 29.6. The monoisotopic (exact) mass is 635 g/mol. The van der Waals surface area contributed by atoms with Crippen molar-refractivity contribution in [3.63, 3.8) is 0 Å². The Morgan fingerprint density at radius 1 is 0.929 bits per heavy atom. The normalized spacial score (nSPS) is 28.4. The van der Waals surface area contributed by atoms with E-state index >= 15 is 0 Å². The van der Waals surface area contributed by atoms with E-state index in [2.05, 4.69) is 10.5 Å². The van der Waals surface area contributed by atoms with Gasteiger partial charge < -0.3 is 15.5 Å². The summed E-state index contributed by atoms with van der Waals surface area (Å²) in [5, 5.41) is 7.23. The molecular weight excluding hydrogens is 609 g/mol. The van der Waals surface area contributed by atoms with Crippen molar-refractivity contribution in [3.8, 4) is 0 Å². The fourth-order valence-electron chi connectivity index (χ4n) is 6.39. The SMILES string of the molecule is O=C(CNC(=O)C1CCC(C2=NOC(c3cc(Cl)cc(C(F)(F)F)c3)(C(F)(F)F)C2)C2CCCCC12)NCC(F)(F)F. The maximum absolute atomic E-state index is 14.5. The summed E-state index contributed by atoms with van der Waals surface area (Å²) in [6.07, 6.45) is -12.6. The van der Waals surface area contributed by atoms with Crippen LogP contribution in [0.1, 0.15) is 56.1 Å². The summed E-state index contributed by atoms with van der Waals surface area (Å²) >= 11 is 5.78. The third-order valence-electron chi connectivity index (χ3n) is 8.27. The van der Waals surface area contributed by atoms with Crippen molar-refractivity contribution in [2.24, 2.45) is 28.8 Å². The van der Waals surface area contributed by atoms with Gasteiger partial charge in [0, 0.05) is 28.8 Å². The third kappa shape index (κ3) is 6.91. The van der Waals surface area contributed by atoms with Crippen LogP contribution in [-0.2, 0) is 26.2 Å². The molecule has 2 aliphatic carbocycles. The predicted octanol–water partition coefficient (Wildman–Crippen LogP) is 6.52. The molecule has 3 aliphatic rings. The molecule has 0 aromatic heterocycles. The lowest BCUT2D eigenvalue weighted by Gasteiger charge is -2.45. The Kier molecular flexibility index (Phi) is 9.02. The first-order valence-corrected chi connectivity index (χ1v) is 13.6. The van der Waals surface area contributed by atoms with Crippen molar-refractivity contribution in [2.45, 2.75) is 69.1 Å². The van der Waals surface area contributed by atoms with Crippen molar-refractivity contribution in [1.82, 2.24) is 10.6 Å². The molecule has 5 atom stereocenters. The Labute approximate surface area is 239 Å². The number of fused-ring (bicyclic) bond motifs is 1. The van der Waals surface area contributed by atoms with E-state index in [4.69, 9.17) is 16.4 Å². The highest BCUT2D eigenvalue weighted by molar-refractivity contribution is 6.30. The quantitative estimate of drug-likeness (QED) is 0.350. The van der Waals surface area contributed by atoms with Gasteiger partial charge in [0.1, 0.15) is 6.54 Å². The standard InChI is InChI=1S/C26H27ClF9N3O3/c27-15-8-13(7-14(9-15)25(31,32)33)23(26(34,35)36)10-20(39-42-23)18-5-6-19(17-4-2-1-3-16(17)18)22(41)37-11-21(40)38-12-24(28,29)30/h7-9,16-19H,1-6,10-12H2,(H,37,41)(H,38,40). The molecule has 1 aliphatic heterocycles. The first-order valence-electron chi connectivity index (χ1n) is 13.2. The van der Waals surface area contributed by atoms with Crippen LogP contribution in [0.25, 0.3) is 0 Å². The van der Waals surface area contributed by atoms with Crippen LogP contribution in [0.4, 0.5) is 39.5 Å². The highest BCUT2D eigenvalue weighted by Crippen LogP contribution is 2.54. The van der Waals surface area contributed by atoms with Crippen LogP contribution >= 0.6 is 11.6 Å². The highest BCUT2D eigenvalue weighted by Gasteiger charge is 2.63. The minimum atomic E-state index is -5.15. The van der Waals surface area contributed by atoms with Gasteiger partial charge in [-0.1, -0.05) is 29.6 Å². The van der Waals surface area contributed by atoms with Gasteiger partial charge in [0.05, 0.1) is 17.8 Å². The molecular formula is C26H27ClF9N3O3. The smallest absolute Gasteiger partial charge is 0.374 e. The van der Waals surface area contributed by atoms with E-state index in [1.807, 2.05) is 0 Å². The maximum Gasteiger partial charge on any atom is 0.435 e. The predicted molar refractivity (Wildman–Crippen MR) is 131 cm³/mol. The molecule has 2 fully saturated rings. The fourth-order valence-corrected chi connectivity index (χ4v) is 6.62. The molecule has 0 saturated heterocycles. The summed E-state index contributed by atoms with van der Waals surface area (Å²) in [5.74, 6) is -3.33. The summed E-state index contributed by atoms with van der Waals surface area (Å²) in [7, 11) is 0. The molecule has 0 radical (unpaired) electrons. The lowest BCUT2D eigenvalue weighted by Crippen LogP contribution is -2.49. The van der Waals surface area contributed by atoms with Crippen LogP contribution in [0.2, 0.25) is 5.02 Å². The number of halogens is 10. The van der Waals surface area contributed by atoms with Crippen LogP contribution in [0.5, 0.6) is 0 Å². The molecule has 0 spiro atoms. The summed E-state index contributed by atoms with van der Waals surface area (Å²) < 4.78 is 121. The molecule has 1 heterocycles. The van der Waals surface area contributed by atoms with Gasteiger partial charge in [-0.05, 0) is 55.7 Å². The molecule has 0 bridgehead atoms. The van der Waals surface area contributed by atoms with Gasteiger partial charge in [-0.3, -0.25) is 9.59 Å². The van der Waals surface area contributed by atoms with Crippen LogP contribution in [0.3, 0.4) is 0 Å². The van der Waals surface area contributed by atoms with Crippen molar-refractivity contribution in [1.29, 1.82) is 0 Å². The molecule has 2 saturated carbocycles. The number of amides is 2. The largest absolute Gasteiger partial charge is 0.435 e. The van der Waals surface area contributed by atoms with E-state index in [-0.39, 0.29) is 30.4 Å². The number of oxime groups is 1. The van der Waals surface area contributed by atoms with Crippen LogP contribution in [0, 0.1) is 23.7 Å². The third-order valence-corrected chi connectivity index (χ3v) is 8.49. The zero-order valence-corrected chi connectivity index (χ0v) is 22.6. The van der Waals surface area contributed by atoms with Gasteiger partial charge in [0.2, 0.25) is 11.8 Å². The lowest BCUT2D eigenvalue weighted by molar-refractivity contribution is -0.276. The zero-order valence-electron chi connectivity index (χ0n) is 21.9. The van der Waals surface area contributed by atoms with Crippen molar-refractivity contribution >= 4 is 29.1 Å². The zero-order chi connectivity index (χ0) is 31.1. The van der Waals surface area contributed by atoms with E-state index in [0.717, 1.165) is 18.9 Å². The number of nitrogens with zero attached hydrogens (tertiary/aromatic N) is 1. The second kappa shape index (κ2) is 11.8. The summed E-state index contributed by atoms with van der Waals surface area (Å²) in [5.41, 5.74) is -5.35. The minimum Gasteiger partial charge on any atom is -0.374 e.